The van der Waals surface area contributed by atoms with Gasteiger partial charge in [-0.1, -0.05) is 19.8 Å². The summed E-state index contributed by atoms with van der Waals surface area (Å²) in [5.41, 5.74) is 0.541. The lowest BCUT2D eigenvalue weighted by Crippen LogP contribution is -2.43. The van der Waals surface area contributed by atoms with Crippen molar-refractivity contribution in [2.75, 3.05) is 32.2 Å². The molecule has 0 fully saturated rings. The Bertz CT molecular complexity index is 522. The van der Waals surface area contributed by atoms with Gasteiger partial charge in [-0.15, -0.1) is 0 Å². The molecule has 0 bridgehead atoms. The van der Waals surface area contributed by atoms with Gasteiger partial charge in [0.2, 0.25) is 5.88 Å². The molecule has 6 nitrogen and oxygen atoms in total. The Morgan fingerprint density at radius 3 is 2.62 bits per heavy atom. The van der Waals surface area contributed by atoms with Crippen molar-refractivity contribution >= 4 is 11.6 Å². The summed E-state index contributed by atoms with van der Waals surface area (Å²) in [7, 11) is 1.62. The highest BCUT2D eigenvalue weighted by Gasteiger charge is 2.33. The van der Waals surface area contributed by atoms with Crippen molar-refractivity contribution in [1.82, 2.24) is 4.98 Å². The number of aromatic nitrogens is 1. The third-order valence-electron chi connectivity index (χ3n) is 3.80. The second kappa shape index (κ2) is 10.3. The van der Waals surface area contributed by atoms with Gasteiger partial charge in [-0.25, -0.2) is 4.98 Å². The Labute approximate surface area is 144 Å². The molecule has 0 saturated heterocycles. The Kier molecular flexibility index (Phi) is 8.71. The van der Waals surface area contributed by atoms with E-state index in [2.05, 4.69) is 17.2 Å². The summed E-state index contributed by atoms with van der Waals surface area (Å²) >= 11 is 0. The molecule has 6 heteroatoms. The van der Waals surface area contributed by atoms with Crippen LogP contribution in [0, 0.1) is 6.92 Å². The van der Waals surface area contributed by atoms with E-state index in [9.17, 15) is 4.79 Å². The van der Waals surface area contributed by atoms with E-state index in [1.54, 1.807) is 19.2 Å². The molecule has 0 spiro atoms. The lowest BCUT2D eigenvalue weighted by molar-refractivity contribution is -0.139. The van der Waals surface area contributed by atoms with Crippen LogP contribution in [-0.4, -0.2) is 43.4 Å². The fourth-order valence-corrected chi connectivity index (χ4v) is 2.32. The molecule has 1 N–H and O–H groups in total. The summed E-state index contributed by atoms with van der Waals surface area (Å²) in [4.78, 5) is 17.0. The average Bonchev–Trinajstić information content (AvgIpc) is 2.55. The Morgan fingerprint density at radius 1 is 1.29 bits per heavy atom. The number of nitrogens with one attached hydrogen (secondary N) is 1. The van der Waals surface area contributed by atoms with E-state index >= 15 is 0 Å². The summed E-state index contributed by atoms with van der Waals surface area (Å²) < 4.78 is 16.1. The van der Waals surface area contributed by atoms with Crippen LogP contribution in [0.5, 0.6) is 5.88 Å². The number of carbonyl (C=O) groups excluding carboxylic acids is 1. The van der Waals surface area contributed by atoms with Crippen LogP contribution in [0.3, 0.4) is 0 Å². The molecule has 1 aromatic rings. The molecule has 0 aliphatic heterocycles. The number of amides is 1. The molecule has 0 radical (unpaired) electrons. The van der Waals surface area contributed by atoms with Gasteiger partial charge in [0.15, 0.2) is 0 Å². The summed E-state index contributed by atoms with van der Waals surface area (Å²) in [5.74, 6) is 0.372. The number of rotatable bonds is 11. The molecular formula is C18H30N2O4. The van der Waals surface area contributed by atoms with E-state index in [4.69, 9.17) is 14.2 Å². The highest BCUT2D eigenvalue weighted by molar-refractivity contribution is 5.97. The van der Waals surface area contributed by atoms with E-state index in [1.807, 2.05) is 20.8 Å². The van der Waals surface area contributed by atoms with E-state index < -0.39 is 5.60 Å². The number of pyridine rings is 1. The van der Waals surface area contributed by atoms with Crippen molar-refractivity contribution in [2.24, 2.45) is 0 Å². The molecule has 136 valence electrons. The fraction of sp³-hybridized carbons (Fsp3) is 0.667. The Hall–Kier alpha value is -1.66. The number of nitrogens with zero attached hydrogens (tertiary/aromatic N) is 1. The SMILES string of the molecule is CCCC[C@](C)(OCC)C(=O)Nc1ccc(OCCOC)nc1C. The van der Waals surface area contributed by atoms with Crippen LogP contribution in [0.25, 0.3) is 0 Å². The average molecular weight is 338 g/mol. The van der Waals surface area contributed by atoms with Gasteiger partial charge in [-0.05, 0) is 33.3 Å². The molecule has 1 atom stereocenters. The number of unbranched alkanes of at least 4 members (excludes halogenated alkanes) is 1. The van der Waals surface area contributed by atoms with Crippen LogP contribution in [-0.2, 0) is 14.3 Å². The minimum absolute atomic E-state index is 0.143. The highest BCUT2D eigenvalue weighted by atomic mass is 16.5. The van der Waals surface area contributed by atoms with E-state index in [-0.39, 0.29) is 5.91 Å². The maximum atomic E-state index is 12.7. The van der Waals surface area contributed by atoms with Crippen LogP contribution in [0.4, 0.5) is 5.69 Å². The summed E-state index contributed by atoms with van der Waals surface area (Å²) in [6, 6.07) is 3.54. The molecule has 1 rings (SSSR count). The van der Waals surface area contributed by atoms with Crippen LogP contribution in [0.2, 0.25) is 0 Å². The van der Waals surface area contributed by atoms with E-state index in [1.165, 1.54) is 0 Å². The first-order chi connectivity index (χ1) is 11.5. The second-order valence-corrected chi connectivity index (χ2v) is 5.85. The lowest BCUT2D eigenvalue weighted by atomic mass is 9.97. The van der Waals surface area contributed by atoms with Crippen LogP contribution in [0.1, 0.15) is 45.7 Å². The smallest absolute Gasteiger partial charge is 0.256 e. The van der Waals surface area contributed by atoms with Crippen molar-refractivity contribution in [2.45, 2.75) is 52.6 Å². The molecule has 1 heterocycles. The molecule has 1 amide bonds. The number of hydrogen-bond acceptors (Lipinski definition) is 5. The van der Waals surface area contributed by atoms with Crippen molar-refractivity contribution in [3.05, 3.63) is 17.8 Å². The van der Waals surface area contributed by atoms with Gasteiger partial charge in [-0.2, -0.15) is 0 Å². The third-order valence-corrected chi connectivity index (χ3v) is 3.80. The van der Waals surface area contributed by atoms with Gasteiger partial charge < -0.3 is 19.5 Å². The minimum Gasteiger partial charge on any atom is -0.475 e. The van der Waals surface area contributed by atoms with Gasteiger partial charge >= 0.3 is 0 Å². The van der Waals surface area contributed by atoms with Crippen molar-refractivity contribution in [3.63, 3.8) is 0 Å². The molecule has 0 unspecified atom stereocenters. The van der Waals surface area contributed by atoms with Crippen molar-refractivity contribution in [3.8, 4) is 5.88 Å². The molecule has 0 saturated carbocycles. The zero-order valence-electron chi connectivity index (χ0n) is 15.5. The number of methoxy groups -OCH3 is 1. The summed E-state index contributed by atoms with van der Waals surface area (Å²) in [6.45, 7) is 9.11. The van der Waals surface area contributed by atoms with Gasteiger partial charge in [0.25, 0.3) is 5.91 Å². The van der Waals surface area contributed by atoms with Crippen LogP contribution in [0.15, 0.2) is 12.1 Å². The molecule has 0 aliphatic rings. The van der Waals surface area contributed by atoms with Gasteiger partial charge in [-0.3, -0.25) is 4.79 Å². The van der Waals surface area contributed by atoms with Gasteiger partial charge in [0.05, 0.1) is 18.0 Å². The standard InChI is InChI=1S/C18H30N2O4/c1-6-8-11-18(4,24-7-2)17(21)20-15-9-10-16(19-14(15)3)23-13-12-22-5/h9-10H,6-8,11-13H2,1-5H3,(H,20,21)/t18-/m0/s1. The summed E-state index contributed by atoms with van der Waals surface area (Å²) in [6.07, 6.45) is 2.64. The predicted molar refractivity (Wildman–Crippen MR) is 94.5 cm³/mol. The summed E-state index contributed by atoms with van der Waals surface area (Å²) in [5, 5.41) is 2.93. The van der Waals surface area contributed by atoms with Crippen molar-refractivity contribution < 1.29 is 19.0 Å². The van der Waals surface area contributed by atoms with E-state index in [0.717, 1.165) is 12.8 Å². The molecular weight excluding hydrogens is 308 g/mol. The topological polar surface area (TPSA) is 69.7 Å². The predicted octanol–water partition coefficient (Wildman–Crippen LogP) is 3.34. The monoisotopic (exact) mass is 338 g/mol. The quantitative estimate of drug-likeness (QED) is 0.627. The number of aryl methyl sites for hydroxylation is 1. The molecule has 1 aromatic heterocycles. The largest absolute Gasteiger partial charge is 0.475 e. The minimum atomic E-state index is -0.829. The second-order valence-electron chi connectivity index (χ2n) is 5.85. The normalized spacial score (nSPS) is 13.4. The number of ether oxygens (including phenoxy) is 3. The van der Waals surface area contributed by atoms with E-state index in [0.29, 0.717) is 43.5 Å². The molecule has 0 aliphatic carbocycles. The van der Waals surface area contributed by atoms with Gasteiger partial charge in [0, 0.05) is 19.8 Å². The van der Waals surface area contributed by atoms with Crippen LogP contribution < -0.4 is 10.1 Å². The van der Waals surface area contributed by atoms with Crippen LogP contribution >= 0.6 is 0 Å². The number of hydrogen-bond donors (Lipinski definition) is 1. The number of carbonyl (C=O) groups is 1. The maximum absolute atomic E-state index is 12.7. The zero-order valence-corrected chi connectivity index (χ0v) is 15.5. The first-order valence-corrected chi connectivity index (χ1v) is 8.51. The number of anilines is 1. The maximum Gasteiger partial charge on any atom is 0.256 e. The highest BCUT2D eigenvalue weighted by Crippen LogP contribution is 2.23. The Balaban J connectivity index is 2.77. The first-order valence-electron chi connectivity index (χ1n) is 8.51. The van der Waals surface area contributed by atoms with Crippen molar-refractivity contribution in [1.29, 1.82) is 0 Å². The lowest BCUT2D eigenvalue weighted by Gasteiger charge is -2.28. The third kappa shape index (κ3) is 6.09. The Morgan fingerprint density at radius 2 is 2.04 bits per heavy atom. The fourth-order valence-electron chi connectivity index (χ4n) is 2.32. The molecule has 0 aromatic carbocycles. The first kappa shape index (κ1) is 20.4. The zero-order chi connectivity index (χ0) is 18.0. The van der Waals surface area contributed by atoms with Gasteiger partial charge in [0.1, 0.15) is 12.2 Å². The molecule has 24 heavy (non-hydrogen) atoms.